The fourth-order valence-corrected chi connectivity index (χ4v) is 4.41. The van der Waals surface area contributed by atoms with Gasteiger partial charge in [0.15, 0.2) is 5.11 Å². The highest BCUT2D eigenvalue weighted by Gasteiger charge is 2.33. The molecule has 4 N–H and O–H groups in total. The molecule has 3 rings (SSSR count). The Morgan fingerprint density at radius 2 is 1.69 bits per heavy atom. The Bertz CT molecular complexity index is 760. The molecular weight excluding hydrogens is 380 g/mol. The number of rotatable bonds is 7. The Morgan fingerprint density at radius 3 is 2.31 bits per heavy atom. The normalized spacial score (nSPS) is 21.1. The lowest BCUT2D eigenvalue weighted by atomic mass is 9.98. The van der Waals surface area contributed by atoms with Crippen LogP contribution in [0, 0.1) is 0 Å². The van der Waals surface area contributed by atoms with Crippen LogP contribution in [-0.4, -0.2) is 51.0 Å². The van der Waals surface area contributed by atoms with Crippen molar-refractivity contribution < 1.29 is 14.5 Å². The summed E-state index contributed by atoms with van der Waals surface area (Å²) in [6.45, 7) is 9.66. The van der Waals surface area contributed by atoms with Crippen LogP contribution < -0.4 is 25.2 Å². The maximum atomic E-state index is 5.62. The minimum atomic E-state index is 0.216. The van der Waals surface area contributed by atoms with Gasteiger partial charge in [0.2, 0.25) is 0 Å². The molecule has 0 bridgehead atoms. The number of hydrogen-bond donors (Lipinski definition) is 4. The van der Waals surface area contributed by atoms with Crippen molar-refractivity contribution in [1.29, 1.82) is 0 Å². The molecular formula is C23H34N4OS+2. The highest BCUT2D eigenvalue weighted by molar-refractivity contribution is 7.80. The molecule has 156 valence electrons. The quantitative estimate of drug-likeness (QED) is 0.509. The molecule has 2 aromatic rings. The van der Waals surface area contributed by atoms with Crippen molar-refractivity contribution >= 4 is 23.0 Å². The van der Waals surface area contributed by atoms with E-state index >= 15 is 0 Å². The maximum absolute atomic E-state index is 5.62. The minimum absolute atomic E-state index is 0.216. The average Bonchev–Trinajstić information content (AvgIpc) is 2.72. The monoisotopic (exact) mass is 414 g/mol. The van der Waals surface area contributed by atoms with Gasteiger partial charge < -0.3 is 25.2 Å². The molecule has 0 spiro atoms. The Balaban J connectivity index is 1.65. The van der Waals surface area contributed by atoms with Crippen molar-refractivity contribution in [3.8, 4) is 5.75 Å². The third kappa shape index (κ3) is 6.16. The molecule has 0 aromatic heterocycles. The Labute approximate surface area is 180 Å². The smallest absolute Gasteiger partial charge is 0.171 e. The van der Waals surface area contributed by atoms with E-state index in [-0.39, 0.29) is 6.04 Å². The molecule has 5 nitrogen and oxygen atoms in total. The van der Waals surface area contributed by atoms with Gasteiger partial charge in [-0.05, 0) is 50.3 Å². The number of quaternary nitrogens is 2. The van der Waals surface area contributed by atoms with Gasteiger partial charge in [0, 0.05) is 11.3 Å². The molecule has 0 saturated carbocycles. The van der Waals surface area contributed by atoms with Gasteiger partial charge in [-0.1, -0.05) is 30.3 Å². The molecule has 6 heteroatoms. The van der Waals surface area contributed by atoms with Crippen molar-refractivity contribution in [3.63, 3.8) is 0 Å². The Morgan fingerprint density at radius 1 is 1.03 bits per heavy atom. The lowest BCUT2D eigenvalue weighted by Gasteiger charge is -2.37. The van der Waals surface area contributed by atoms with Crippen LogP contribution in [0.15, 0.2) is 54.6 Å². The summed E-state index contributed by atoms with van der Waals surface area (Å²) in [5.74, 6) is 0.871. The van der Waals surface area contributed by atoms with Crippen LogP contribution in [0.25, 0.3) is 0 Å². The van der Waals surface area contributed by atoms with E-state index in [0.717, 1.165) is 11.4 Å². The molecule has 0 aliphatic carbocycles. The van der Waals surface area contributed by atoms with E-state index < -0.39 is 0 Å². The van der Waals surface area contributed by atoms with Gasteiger partial charge >= 0.3 is 0 Å². The third-order valence-electron chi connectivity index (χ3n) is 5.63. The number of piperazine rings is 1. The Hall–Kier alpha value is -2.15. The number of thiocarbonyl (C=S) groups is 1. The van der Waals surface area contributed by atoms with Gasteiger partial charge in [-0.3, -0.25) is 0 Å². The number of anilines is 1. The fourth-order valence-electron chi connectivity index (χ4n) is 4.11. The van der Waals surface area contributed by atoms with Crippen molar-refractivity contribution in [2.75, 3.05) is 45.2 Å². The highest BCUT2D eigenvalue weighted by atomic mass is 32.1. The molecule has 0 unspecified atom stereocenters. The molecule has 1 aliphatic rings. The predicted octanol–water partition coefficient (Wildman–Crippen LogP) is 0.915. The Kier molecular flexibility index (Phi) is 7.86. The van der Waals surface area contributed by atoms with E-state index in [4.69, 9.17) is 17.0 Å². The van der Waals surface area contributed by atoms with Crippen molar-refractivity contribution in [1.82, 2.24) is 5.32 Å². The van der Waals surface area contributed by atoms with Crippen LogP contribution in [-0.2, 0) is 0 Å². The second-order valence-electron chi connectivity index (χ2n) is 7.85. The van der Waals surface area contributed by atoms with Crippen LogP contribution in [0.5, 0.6) is 5.75 Å². The number of likely N-dealkylation sites (N-methyl/N-ethyl adjacent to an activating group) is 1. The highest BCUT2D eigenvalue weighted by Crippen LogP contribution is 2.17. The van der Waals surface area contributed by atoms with E-state index in [2.05, 4.69) is 54.9 Å². The largest absolute Gasteiger partial charge is 0.494 e. The van der Waals surface area contributed by atoms with Gasteiger partial charge in [-0.2, -0.15) is 0 Å². The summed E-state index contributed by atoms with van der Waals surface area (Å²) >= 11 is 5.62. The van der Waals surface area contributed by atoms with Crippen LogP contribution in [0.1, 0.15) is 25.5 Å². The molecule has 1 saturated heterocycles. The van der Waals surface area contributed by atoms with Gasteiger partial charge in [0.25, 0.3) is 0 Å². The zero-order chi connectivity index (χ0) is 20.6. The van der Waals surface area contributed by atoms with E-state index in [1.807, 2.05) is 31.2 Å². The molecule has 29 heavy (non-hydrogen) atoms. The fraction of sp³-hybridized carbons (Fsp3) is 0.435. The summed E-state index contributed by atoms with van der Waals surface area (Å²) in [7, 11) is 2.28. The van der Waals surface area contributed by atoms with Gasteiger partial charge in [-0.25, -0.2) is 0 Å². The summed E-state index contributed by atoms with van der Waals surface area (Å²) in [5.41, 5.74) is 2.33. The first-order chi connectivity index (χ1) is 14.1. The molecule has 0 radical (unpaired) electrons. The molecule has 1 heterocycles. The van der Waals surface area contributed by atoms with E-state index in [0.29, 0.717) is 17.8 Å². The van der Waals surface area contributed by atoms with Crippen molar-refractivity contribution in [2.45, 2.75) is 25.9 Å². The maximum Gasteiger partial charge on any atom is 0.171 e. The van der Waals surface area contributed by atoms with Crippen molar-refractivity contribution in [2.24, 2.45) is 0 Å². The lowest BCUT2D eigenvalue weighted by molar-refractivity contribution is -1.02. The van der Waals surface area contributed by atoms with Crippen LogP contribution >= 0.6 is 12.2 Å². The SMILES string of the molecule is CCOc1ccc(NC(=S)N[C@H](C)[C@@H](c2ccccc2)[NH+]2CC[NH+](C)CC2)cc1. The summed E-state index contributed by atoms with van der Waals surface area (Å²) in [4.78, 5) is 3.25. The number of ether oxygens (including phenoxy) is 1. The number of hydrogen-bond acceptors (Lipinski definition) is 2. The predicted molar refractivity (Wildman–Crippen MR) is 123 cm³/mol. The molecule has 2 aromatic carbocycles. The van der Waals surface area contributed by atoms with Gasteiger partial charge in [0.1, 0.15) is 38.0 Å². The number of nitrogens with one attached hydrogen (secondary N) is 4. The van der Waals surface area contributed by atoms with E-state index in [9.17, 15) is 0 Å². The second kappa shape index (κ2) is 10.6. The molecule has 0 amide bonds. The first-order valence-corrected chi connectivity index (χ1v) is 11.0. The third-order valence-corrected chi connectivity index (χ3v) is 5.85. The zero-order valence-corrected chi connectivity index (χ0v) is 18.5. The first-order valence-electron chi connectivity index (χ1n) is 10.6. The van der Waals surface area contributed by atoms with Crippen LogP contribution in [0.2, 0.25) is 0 Å². The van der Waals surface area contributed by atoms with Gasteiger partial charge in [0.05, 0.1) is 19.7 Å². The molecule has 1 aliphatic heterocycles. The second-order valence-corrected chi connectivity index (χ2v) is 8.26. The van der Waals surface area contributed by atoms with Gasteiger partial charge in [-0.15, -0.1) is 0 Å². The van der Waals surface area contributed by atoms with Crippen molar-refractivity contribution in [3.05, 3.63) is 60.2 Å². The lowest BCUT2D eigenvalue weighted by Crippen LogP contribution is -3.27. The van der Waals surface area contributed by atoms with E-state index in [1.165, 1.54) is 31.7 Å². The molecule has 1 fully saturated rings. The summed E-state index contributed by atoms with van der Waals surface area (Å²) in [6.07, 6.45) is 0. The van der Waals surface area contributed by atoms with Crippen LogP contribution in [0.4, 0.5) is 5.69 Å². The zero-order valence-electron chi connectivity index (χ0n) is 17.7. The number of benzene rings is 2. The first kappa shape index (κ1) is 21.6. The average molecular weight is 415 g/mol. The summed E-state index contributed by atoms with van der Waals surface area (Å²) < 4.78 is 5.50. The van der Waals surface area contributed by atoms with E-state index in [1.54, 1.807) is 9.80 Å². The topological polar surface area (TPSA) is 42.2 Å². The summed E-state index contributed by atoms with van der Waals surface area (Å²) in [6, 6.07) is 19.3. The van der Waals surface area contributed by atoms with Crippen LogP contribution in [0.3, 0.4) is 0 Å². The molecule has 2 atom stereocenters. The minimum Gasteiger partial charge on any atom is -0.494 e. The standard InChI is InChI=1S/C23H32N4OS/c1-4-28-21-12-10-20(11-13-21)25-23(29)24-18(2)22(19-8-6-5-7-9-19)27-16-14-26(3)15-17-27/h5-13,18,22H,4,14-17H2,1-3H3,(H2,24,25,29)/p+2/t18-,22+/m1/s1. The summed E-state index contributed by atoms with van der Waals surface area (Å²) in [5, 5.41) is 7.50.